The molecule has 0 aliphatic carbocycles. The van der Waals surface area contributed by atoms with E-state index in [9.17, 15) is 18.3 Å². The first kappa shape index (κ1) is 24.6. The number of ether oxygens (including phenoxy) is 1. The van der Waals surface area contributed by atoms with Crippen molar-refractivity contribution in [1.82, 2.24) is 29.5 Å². The minimum Gasteiger partial charge on any atom is -0.480 e. The second-order valence-corrected chi connectivity index (χ2v) is 8.58. The molecule has 0 aliphatic heterocycles. The van der Waals surface area contributed by atoms with Gasteiger partial charge in [-0.1, -0.05) is 23.7 Å². The van der Waals surface area contributed by atoms with E-state index in [1.54, 1.807) is 42.2 Å². The van der Waals surface area contributed by atoms with Crippen LogP contribution in [0.15, 0.2) is 67.8 Å². The monoisotopic (exact) mass is 526 g/mol. The normalized spacial score (nSPS) is 13.5. The Bertz CT molecular complexity index is 1590. The largest absolute Gasteiger partial charge is 0.480 e. The molecule has 1 N–H and O–H groups in total. The van der Waals surface area contributed by atoms with Crippen molar-refractivity contribution in [1.29, 1.82) is 0 Å². The highest BCUT2D eigenvalue weighted by atomic mass is 35.5. The number of alkyl halides is 3. The first-order valence-electron chi connectivity index (χ1n) is 10.8. The van der Waals surface area contributed by atoms with E-state index < -0.39 is 17.5 Å². The Morgan fingerprint density at radius 2 is 1.70 bits per heavy atom. The zero-order valence-electron chi connectivity index (χ0n) is 19.4. The van der Waals surface area contributed by atoms with Gasteiger partial charge < -0.3 is 14.4 Å². The van der Waals surface area contributed by atoms with Gasteiger partial charge in [-0.05, 0) is 23.8 Å². The van der Waals surface area contributed by atoms with E-state index in [1.165, 1.54) is 32.0 Å². The molecule has 8 nitrogen and oxygen atoms in total. The van der Waals surface area contributed by atoms with Gasteiger partial charge in [0, 0.05) is 42.2 Å². The van der Waals surface area contributed by atoms with Crippen LogP contribution >= 0.6 is 11.6 Å². The fourth-order valence-electron chi connectivity index (χ4n) is 4.20. The summed E-state index contributed by atoms with van der Waals surface area (Å²) < 4.78 is 46.5. The molecule has 1 aromatic carbocycles. The van der Waals surface area contributed by atoms with Crippen molar-refractivity contribution in [2.75, 3.05) is 7.11 Å². The van der Waals surface area contributed by atoms with Gasteiger partial charge in [0.05, 0.1) is 41.4 Å². The van der Waals surface area contributed by atoms with Crippen LogP contribution in [0.4, 0.5) is 13.2 Å². The number of imidazole rings is 1. The molecule has 4 aromatic heterocycles. The number of pyridine rings is 2. The van der Waals surface area contributed by atoms with Crippen LogP contribution in [-0.2, 0) is 18.8 Å². The van der Waals surface area contributed by atoms with E-state index in [0.29, 0.717) is 33.3 Å². The van der Waals surface area contributed by atoms with Crippen LogP contribution < -0.4 is 4.74 Å². The number of nitrogens with zero attached hydrogens (tertiary/aromatic N) is 6. The lowest BCUT2D eigenvalue weighted by atomic mass is 9.83. The minimum atomic E-state index is -4.62. The van der Waals surface area contributed by atoms with Gasteiger partial charge in [-0.25, -0.2) is 19.9 Å². The molecule has 0 saturated heterocycles. The number of aromatic nitrogens is 6. The molecule has 12 heteroatoms. The number of hydrogen-bond acceptors (Lipinski definition) is 7. The molecule has 1 atom stereocenters. The van der Waals surface area contributed by atoms with Gasteiger partial charge in [0.1, 0.15) is 12.0 Å². The molecule has 5 rings (SSSR count). The Morgan fingerprint density at radius 3 is 2.30 bits per heavy atom. The molecule has 0 amide bonds. The van der Waals surface area contributed by atoms with Gasteiger partial charge in [-0.3, -0.25) is 4.98 Å². The third-order valence-electron chi connectivity index (χ3n) is 6.01. The highest BCUT2D eigenvalue weighted by molar-refractivity contribution is 6.38. The van der Waals surface area contributed by atoms with Gasteiger partial charge in [0.25, 0.3) is 0 Å². The molecule has 188 valence electrons. The SMILES string of the molecule is COc1nc2ccc(C(O)(c3ccc(C(F)(F)F)nc3)c3cncn3C)cc2c(Cl)c1-c1cncnc1. The Morgan fingerprint density at radius 1 is 0.973 bits per heavy atom. The van der Waals surface area contributed by atoms with Crippen LogP contribution in [0, 0.1) is 0 Å². The highest BCUT2D eigenvalue weighted by Crippen LogP contribution is 2.43. The summed E-state index contributed by atoms with van der Waals surface area (Å²) >= 11 is 6.84. The molecule has 1 unspecified atom stereocenters. The topological polar surface area (TPSA) is 98.8 Å². The standard InChI is InChI=1S/C25H18ClF3N6O2/c1-35-13-32-11-20(35)24(36,16-4-6-19(33-10-16)25(27,28)29)15-3-5-18-17(7-15)22(26)21(23(34-18)37-2)14-8-30-12-31-9-14/h3-13,36H,1-2H3. The number of methoxy groups -OCH3 is 1. The molecule has 0 aliphatic rings. The van der Waals surface area contributed by atoms with Crippen LogP contribution in [0.2, 0.25) is 5.02 Å². The van der Waals surface area contributed by atoms with Crippen molar-refractivity contribution < 1.29 is 23.0 Å². The van der Waals surface area contributed by atoms with Crippen molar-refractivity contribution in [3.63, 3.8) is 0 Å². The summed E-state index contributed by atoms with van der Waals surface area (Å²) in [4.78, 5) is 20.3. The summed E-state index contributed by atoms with van der Waals surface area (Å²) in [5, 5.41) is 12.9. The van der Waals surface area contributed by atoms with E-state index in [1.807, 2.05) is 0 Å². The van der Waals surface area contributed by atoms with E-state index >= 15 is 0 Å². The molecule has 0 fully saturated rings. The lowest BCUT2D eigenvalue weighted by Crippen LogP contribution is -2.31. The summed E-state index contributed by atoms with van der Waals surface area (Å²) in [6, 6.07) is 6.89. The van der Waals surface area contributed by atoms with Gasteiger partial charge in [-0.2, -0.15) is 13.2 Å². The molecular formula is C25H18ClF3N6O2. The molecule has 5 aromatic rings. The molecule has 37 heavy (non-hydrogen) atoms. The predicted molar refractivity (Wildman–Crippen MR) is 129 cm³/mol. The maximum Gasteiger partial charge on any atom is 0.433 e. The van der Waals surface area contributed by atoms with Crippen molar-refractivity contribution in [2.24, 2.45) is 7.05 Å². The van der Waals surface area contributed by atoms with Gasteiger partial charge in [-0.15, -0.1) is 0 Å². The zero-order valence-corrected chi connectivity index (χ0v) is 20.2. The van der Waals surface area contributed by atoms with Crippen LogP contribution in [0.25, 0.3) is 22.0 Å². The first-order valence-corrected chi connectivity index (χ1v) is 11.2. The lowest BCUT2D eigenvalue weighted by Gasteiger charge is -2.30. The second-order valence-electron chi connectivity index (χ2n) is 8.20. The molecule has 0 saturated carbocycles. The molecule has 0 bridgehead atoms. The van der Waals surface area contributed by atoms with E-state index in [-0.39, 0.29) is 16.5 Å². The Hall–Kier alpha value is -4.09. The van der Waals surface area contributed by atoms with Crippen LogP contribution in [0.1, 0.15) is 22.5 Å². The number of hydrogen-bond donors (Lipinski definition) is 1. The third kappa shape index (κ3) is 4.15. The third-order valence-corrected chi connectivity index (χ3v) is 6.40. The molecule has 0 spiro atoms. The van der Waals surface area contributed by atoms with Crippen LogP contribution in [0.5, 0.6) is 5.88 Å². The van der Waals surface area contributed by atoms with Gasteiger partial charge in [0.2, 0.25) is 5.88 Å². The maximum absolute atomic E-state index is 13.2. The number of fused-ring (bicyclic) bond motifs is 1. The zero-order chi connectivity index (χ0) is 26.4. The summed E-state index contributed by atoms with van der Waals surface area (Å²) in [6.45, 7) is 0. The number of rotatable bonds is 5. The highest BCUT2D eigenvalue weighted by Gasteiger charge is 2.39. The van der Waals surface area contributed by atoms with Gasteiger partial charge >= 0.3 is 6.18 Å². The number of halogens is 4. The summed E-state index contributed by atoms with van der Waals surface area (Å²) in [7, 11) is 3.13. The van der Waals surface area contributed by atoms with E-state index in [2.05, 4.69) is 24.9 Å². The Labute approximate surface area is 213 Å². The summed E-state index contributed by atoms with van der Waals surface area (Å²) in [5.41, 5.74) is -0.766. The van der Waals surface area contributed by atoms with E-state index in [0.717, 1.165) is 12.3 Å². The average molecular weight is 527 g/mol. The number of aliphatic hydroxyl groups is 1. The molecule has 4 heterocycles. The predicted octanol–water partition coefficient (Wildman–Crippen LogP) is 4.79. The number of benzene rings is 1. The molecular weight excluding hydrogens is 509 g/mol. The Kier molecular flexibility index (Phi) is 6.04. The molecule has 0 radical (unpaired) electrons. The number of aryl methyl sites for hydroxylation is 1. The summed E-state index contributed by atoms with van der Waals surface area (Å²) in [5.74, 6) is 0.258. The fraction of sp³-hybridized carbons (Fsp3) is 0.160. The van der Waals surface area contributed by atoms with Crippen molar-refractivity contribution in [3.8, 4) is 17.0 Å². The van der Waals surface area contributed by atoms with Crippen LogP contribution in [-0.4, -0.2) is 41.7 Å². The minimum absolute atomic E-state index is 0.109. The maximum atomic E-state index is 13.2. The van der Waals surface area contributed by atoms with Crippen LogP contribution in [0.3, 0.4) is 0 Å². The smallest absolute Gasteiger partial charge is 0.433 e. The average Bonchev–Trinajstić information content (AvgIpc) is 3.34. The Balaban J connectivity index is 1.76. The quantitative estimate of drug-likeness (QED) is 0.352. The van der Waals surface area contributed by atoms with Crippen molar-refractivity contribution >= 4 is 22.5 Å². The fourth-order valence-corrected chi connectivity index (χ4v) is 4.54. The van der Waals surface area contributed by atoms with Crippen molar-refractivity contribution in [3.05, 3.63) is 95.3 Å². The van der Waals surface area contributed by atoms with Gasteiger partial charge in [0.15, 0.2) is 5.60 Å². The van der Waals surface area contributed by atoms with E-state index in [4.69, 9.17) is 16.3 Å². The summed E-state index contributed by atoms with van der Waals surface area (Å²) in [6.07, 6.45) is 3.79. The first-order chi connectivity index (χ1) is 17.6. The lowest BCUT2D eigenvalue weighted by molar-refractivity contribution is -0.141. The van der Waals surface area contributed by atoms with Crippen molar-refractivity contribution in [2.45, 2.75) is 11.8 Å². The second kappa shape index (κ2) is 9.09.